The van der Waals surface area contributed by atoms with Gasteiger partial charge in [0.2, 0.25) is 0 Å². The molecule has 0 spiro atoms. The maximum Gasteiger partial charge on any atom is 0.123 e. The lowest BCUT2D eigenvalue weighted by molar-refractivity contribution is -0.0550. The number of halogens is 1. The van der Waals surface area contributed by atoms with Crippen molar-refractivity contribution < 1.29 is 9.50 Å². The van der Waals surface area contributed by atoms with Gasteiger partial charge in [-0.1, -0.05) is 0 Å². The number of aliphatic hydroxyl groups is 1. The third-order valence-corrected chi connectivity index (χ3v) is 2.38. The summed E-state index contributed by atoms with van der Waals surface area (Å²) in [5, 5.41) is 8.90. The van der Waals surface area contributed by atoms with E-state index in [1.54, 1.807) is 0 Å². The van der Waals surface area contributed by atoms with Crippen LogP contribution < -0.4 is 5.73 Å². The standard InChI is InChI=1S/C7H14FNO/c1-6(2,8)7(9)3-5(10)4-7/h5,10H,3-4,9H2,1-2H3. The number of hydrogen-bond acceptors (Lipinski definition) is 2. The highest BCUT2D eigenvalue weighted by Gasteiger charge is 2.51. The van der Waals surface area contributed by atoms with Gasteiger partial charge in [0.1, 0.15) is 5.67 Å². The molecule has 0 amide bonds. The second-order valence-electron chi connectivity index (χ2n) is 3.69. The summed E-state index contributed by atoms with van der Waals surface area (Å²) in [5.41, 5.74) is 3.48. The zero-order valence-electron chi connectivity index (χ0n) is 6.39. The first-order chi connectivity index (χ1) is 4.35. The lowest BCUT2D eigenvalue weighted by Gasteiger charge is -2.48. The molecule has 10 heavy (non-hydrogen) atoms. The molecule has 1 aliphatic rings. The summed E-state index contributed by atoms with van der Waals surface area (Å²) >= 11 is 0. The van der Waals surface area contributed by atoms with Crippen LogP contribution in [0, 0.1) is 0 Å². The first kappa shape index (κ1) is 7.95. The van der Waals surface area contributed by atoms with E-state index < -0.39 is 11.2 Å². The second-order valence-corrected chi connectivity index (χ2v) is 3.69. The fourth-order valence-electron chi connectivity index (χ4n) is 1.27. The summed E-state index contributed by atoms with van der Waals surface area (Å²) in [6.45, 7) is 2.91. The van der Waals surface area contributed by atoms with E-state index in [-0.39, 0.29) is 6.10 Å². The Hall–Kier alpha value is -0.150. The fraction of sp³-hybridized carbons (Fsp3) is 1.00. The SMILES string of the molecule is CC(C)(F)C1(N)CC(O)C1. The van der Waals surface area contributed by atoms with Gasteiger partial charge in [0.15, 0.2) is 0 Å². The molecule has 1 rings (SSSR count). The third-order valence-electron chi connectivity index (χ3n) is 2.38. The van der Waals surface area contributed by atoms with E-state index >= 15 is 0 Å². The number of hydrogen-bond donors (Lipinski definition) is 2. The Balaban J connectivity index is 2.57. The summed E-state index contributed by atoms with van der Waals surface area (Å²) in [6, 6.07) is 0. The van der Waals surface area contributed by atoms with Crippen LogP contribution in [-0.2, 0) is 0 Å². The predicted octanol–water partition coefficient (Wildman–Crippen LogP) is 0.587. The third kappa shape index (κ3) is 1.04. The van der Waals surface area contributed by atoms with Crippen LogP contribution in [0.3, 0.4) is 0 Å². The summed E-state index contributed by atoms with van der Waals surface area (Å²) in [7, 11) is 0. The highest BCUT2D eigenvalue weighted by atomic mass is 19.1. The smallest absolute Gasteiger partial charge is 0.123 e. The van der Waals surface area contributed by atoms with Gasteiger partial charge in [-0.2, -0.15) is 0 Å². The van der Waals surface area contributed by atoms with Gasteiger partial charge < -0.3 is 10.8 Å². The average Bonchev–Trinajstić information content (AvgIpc) is 1.58. The highest BCUT2D eigenvalue weighted by Crippen LogP contribution is 2.40. The molecular weight excluding hydrogens is 133 g/mol. The van der Waals surface area contributed by atoms with Crippen molar-refractivity contribution in [2.45, 2.75) is 44.0 Å². The van der Waals surface area contributed by atoms with Gasteiger partial charge in [-0.05, 0) is 26.7 Å². The molecule has 1 aliphatic carbocycles. The Labute approximate surface area is 60.2 Å². The molecule has 0 saturated heterocycles. The second kappa shape index (κ2) is 1.92. The van der Waals surface area contributed by atoms with Crippen molar-refractivity contribution in [1.29, 1.82) is 0 Å². The highest BCUT2D eigenvalue weighted by molar-refractivity contribution is 5.08. The lowest BCUT2D eigenvalue weighted by atomic mass is 9.67. The van der Waals surface area contributed by atoms with Crippen LogP contribution in [0.4, 0.5) is 4.39 Å². The van der Waals surface area contributed by atoms with E-state index in [1.165, 1.54) is 13.8 Å². The van der Waals surface area contributed by atoms with E-state index in [0.29, 0.717) is 12.8 Å². The van der Waals surface area contributed by atoms with E-state index in [4.69, 9.17) is 10.8 Å². The molecule has 1 fully saturated rings. The first-order valence-corrected chi connectivity index (χ1v) is 3.51. The summed E-state index contributed by atoms with van der Waals surface area (Å²) in [5.74, 6) is 0. The van der Waals surface area contributed by atoms with Gasteiger partial charge in [-0.3, -0.25) is 0 Å². The molecule has 0 aliphatic heterocycles. The van der Waals surface area contributed by atoms with Crippen LogP contribution in [0.15, 0.2) is 0 Å². The van der Waals surface area contributed by atoms with Gasteiger partial charge in [-0.25, -0.2) is 4.39 Å². The van der Waals surface area contributed by atoms with Crippen LogP contribution in [0.5, 0.6) is 0 Å². The first-order valence-electron chi connectivity index (χ1n) is 3.51. The summed E-state index contributed by atoms with van der Waals surface area (Å²) < 4.78 is 13.2. The Bertz CT molecular complexity index is 135. The Morgan fingerprint density at radius 1 is 1.60 bits per heavy atom. The largest absolute Gasteiger partial charge is 0.393 e. The molecule has 0 atom stereocenters. The van der Waals surface area contributed by atoms with E-state index in [1.807, 2.05) is 0 Å². The molecule has 0 aromatic heterocycles. The zero-order valence-corrected chi connectivity index (χ0v) is 6.39. The van der Waals surface area contributed by atoms with Crippen molar-refractivity contribution in [3.8, 4) is 0 Å². The van der Waals surface area contributed by atoms with Crippen LogP contribution in [-0.4, -0.2) is 22.4 Å². The van der Waals surface area contributed by atoms with Crippen molar-refractivity contribution in [2.75, 3.05) is 0 Å². The summed E-state index contributed by atoms with van der Waals surface area (Å²) in [6.07, 6.45) is 0.382. The molecule has 0 heterocycles. The van der Waals surface area contributed by atoms with Crippen molar-refractivity contribution in [2.24, 2.45) is 5.73 Å². The minimum Gasteiger partial charge on any atom is -0.393 e. The number of rotatable bonds is 1. The minimum atomic E-state index is -1.37. The molecule has 3 N–H and O–H groups in total. The Morgan fingerprint density at radius 3 is 2.10 bits per heavy atom. The van der Waals surface area contributed by atoms with Crippen molar-refractivity contribution >= 4 is 0 Å². The number of alkyl halides is 1. The van der Waals surface area contributed by atoms with Gasteiger partial charge >= 0.3 is 0 Å². The Morgan fingerprint density at radius 2 is 2.00 bits per heavy atom. The van der Waals surface area contributed by atoms with Crippen molar-refractivity contribution in [3.05, 3.63) is 0 Å². The molecule has 3 heteroatoms. The molecule has 0 aromatic rings. The maximum absolute atomic E-state index is 13.2. The van der Waals surface area contributed by atoms with E-state index in [9.17, 15) is 4.39 Å². The molecule has 2 nitrogen and oxygen atoms in total. The molecule has 0 radical (unpaired) electrons. The van der Waals surface area contributed by atoms with Crippen LogP contribution in [0.2, 0.25) is 0 Å². The normalized spacial score (nSPS) is 41.1. The minimum absolute atomic E-state index is 0.385. The monoisotopic (exact) mass is 147 g/mol. The molecule has 0 bridgehead atoms. The molecular formula is C7H14FNO. The van der Waals surface area contributed by atoms with E-state index in [2.05, 4.69) is 0 Å². The van der Waals surface area contributed by atoms with E-state index in [0.717, 1.165) is 0 Å². The van der Waals surface area contributed by atoms with Crippen molar-refractivity contribution in [3.63, 3.8) is 0 Å². The maximum atomic E-state index is 13.2. The molecule has 0 unspecified atom stereocenters. The van der Waals surface area contributed by atoms with Gasteiger partial charge in [-0.15, -0.1) is 0 Å². The topological polar surface area (TPSA) is 46.2 Å². The van der Waals surface area contributed by atoms with Crippen LogP contribution >= 0.6 is 0 Å². The van der Waals surface area contributed by atoms with Crippen LogP contribution in [0.1, 0.15) is 26.7 Å². The Kier molecular flexibility index (Phi) is 1.53. The lowest BCUT2D eigenvalue weighted by Crippen LogP contribution is -2.64. The van der Waals surface area contributed by atoms with Crippen molar-refractivity contribution in [1.82, 2.24) is 0 Å². The summed E-state index contributed by atoms with van der Waals surface area (Å²) in [4.78, 5) is 0. The zero-order chi connectivity index (χ0) is 7.99. The quantitative estimate of drug-likeness (QED) is 0.570. The fourth-order valence-corrected chi connectivity index (χ4v) is 1.27. The molecule has 60 valence electrons. The predicted molar refractivity (Wildman–Crippen MR) is 37.3 cm³/mol. The van der Waals surface area contributed by atoms with Gasteiger partial charge in [0.05, 0.1) is 11.6 Å². The molecule has 0 aromatic carbocycles. The molecule has 1 saturated carbocycles. The van der Waals surface area contributed by atoms with Crippen LogP contribution in [0.25, 0.3) is 0 Å². The number of aliphatic hydroxyl groups excluding tert-OH is 1. The average molecular weight is 147 g/mol. The number of nitrogens with two attached hydrogens (primary N) is 1. The van der Waals surface area contributed by atoms with Gasteiger partial charge in [0.25, 0.3) is 0 Å². The van der Waals surface area contributed by atoms with Gasteiger partial charge in [0, 0.05) is 0 Å².